The number of halogens is 1. The van der Waals surface area contributed by atoms with Crippen molar-refractivity contribution >= 4 is 11.6 Å². The quantitative estimate of drug-likeness (QED) is 0.282. The van der Waals surface area contributed by atoms with Crippen LogP contribution in [0.3, 0.4) is 0 Å². The summed E-state index contributed by atoms with van der Waals surface area (Å²) in [6.45, 7) is 6.30. The minimum absolute atomic E-state index is 0.242. The predicted molar refractivity (Wildman–Crippen MR) is 110 cm³/mol. The number of unbranched alkanes of at least 4 members (excludes halogenated alkanes) is 9. The van der Waals surface area contributed by atoms with E-state index in [1.54, 1.807) is 0 Å². The highest BCUT2D eigenvalue weighted by atomic mass is 35.5. The minimum Gasteiger partial charge on any atom is -0.502 e. The van der Waals surface area contributed by atoms with Crippen molar-refractivity contribution in [3.63, 3.8) is 0 Å². The molecule has 1 aromatic heterocycles. The first-order valence-electron chi connectivity index (χ1n) is 10.3. The van der Waals surface area contributed by atoms with Crippen LogP contribution in [0.5, 0.6) is 5.75 Å². The van der Waals surface area contributed by atoms with Crippen molar-refractivity contribution in [3.05, 3.63) is 28.3 Å². The summed E-state index contributed by atoms with van der Waals surface area (Å²) in [5, 5.41) is 9.31. The van der Waals surface area contributed by atoms with Crippen LogP contribution in [0.2, 0.25) is 0 Å². The molecule has 1 N–H and O–H groups in total. The third kappa shape index (κ3) is 9.66. The van der Waals surface area contributed by atoms with Crippen molar-refractivity contribution in [1.29, 1.82) is 0 Å². The van der Waals surface area contributed by atoms with E-state index in [4.69, 9.17) is 16.0 Å². The lowest BCUT2D eigenvalue weighted by Gasteiger charge is -2.28. The van der Waals surface area contributed by atoms with E-state index in [2.05, 4.69) is 6.92 Å². The van der Waals surface area contributed by atoms with Crippen LogP contribution in [0, 0.1) is 5.92 Å². The van der Waals surface area contributed by atoms with E-state index in [1.807, 2.05) is 13.8 Å². The zero-order valence-corrected chi connectivity index (χ0v) is 17.6. The highest BCUT2D eigenvalue weighted by Crippen LogP contribution is 2.32. The molecule has 0 aromatic carbocycles. The van der Waals surface area contributed by atoms with Gasteiger partial charge in [0.15, 0.2) is 5.75 Å². The molecule has 0 aliphatic carbocycles. The molecule has 3 nitrogen and oxygen atoms in total. The summed E-state index contributed by atoms with van der Waals surface area (Å²) in [5.41, 5.74) is -0.392. The fraction of sp³-hybridized carbons (Fsp3) is 0.773. The molecule has 150 valence electrons. The van der Waals surface area contributed by atoms with E-state index in [1.165, 1.54) is 63.9 Å². The zero-order valence-electron chi connectivity index (χ0n) is 16.9. The van der Waals surface area contributed by atoms with Gasteiger partial charge < -0.3 is 9.52 Å². The fourth-order valence-corrected chi connectivity index (χ4v) is 3.55. The van der Waals surface area contributed by atoms with Crippen LogP contribution in [0.25, 0.3) is 0 Å². The van der Waals surface area contributed by atoms with Gasteiger partial charge in [-0.05, 0) is 26.2 Å². The lowest BCUT2D eigenvalue weighted by Crippen LogP contribution is -2.27. The molecule has 1 aromatic rings. The largest absolute Gasteiger partial charge is 0.502 e. The molecule has 0 saturated carbocycles. The highest BCUT2D eigenvalue weighted by molar-refractivity contribution is 6.23. The van der Waals surface area contributed by atoms with Gasteiger partial charge >= 0.3 is 0 Å². The average molecular weight is 385 g/mol. The maximum absolute atomic E-state index is 11.6. The number of hydrogen-bond donors (Lipinski definition) is 1. The van der Waals surface area contributed by atoms with Gasteiger partial charge in [-0.2, -0.15) is 0 Å². The lowest BCUT2D eigenvalue weighted by molar-refractivity contribution is 0.331. The van der Waals surface area contributed by atoms with Gasteiger partial charge in [-0.1, -0.05) is 71.1 Å². The molecule has 1 rings (SSSR count). The Labute approximate surface area is 164 Å². The molecule has 0 bridgehead atoms. The van der Waals surface area contributed by atoms with Crippen molar-refractivity contribution in [1.82, 2.24) is 0 Å². The normalized spacial score (nSPS) is 13.1. The first-order chi connectivity index (χ1) is 12.3. The molecule has 4 heteroatoms. The van der Waals surface area contributed by atoms with Crippen LogP contribution in [0.4, 0.5) is 0 Å². The second-order valence-electron chi connectivity index (χ2n) is 8.03. The summed E-state index contributed by atoms with van der Waals surface area (Å²) < 4.78 is 5.36. The van der Waals surface area contributed by atoms with E-state index in [-0.39, 0.29) is 16.5 Å². The Kier molecular flexibility index (Phi) is 11.0. The van der Waals surface area contributed by atoms with Crippen LogP contribution < -0.4 is 5.43 Å². The molecular weight excluding hydrogens is 348 g/mol. The van der Waals surface area contributed by atoms with Crippen molar-refractivity contribution in [3.8, 4) is 5.75 Å². The van der Waals surface area contributed by atoms with Gasteiger partial charge in [0.1, 0.15) is 12.0 Å². The first-order valence-corrected chi connectivity index (χ1v) is 10.7. The molecule has 0 aliphatic rings. The zero-order chi connectivity index (χ0) is 19.4. The van der Waals surface area contributed by atoms with Crippen LogP contribution in [0.15, 0.2) is 21.5 Å². The summed E-state index contributed by atoms with van der Waals surface area (Å²) in [7, 11) is 0. The molecule has 0 amide bonds. The maximum Gasteiger partial charge on any atom is 0.226 e. The highest BCUT2D eigenvalue weighted by Gasteiger charge is 2.27. The van der Waals surface area contributed by atoms with Crippen molar-refractivity contribution in [2.24, 2.45) is 5.92 Å². The Morgan fingerprint density at radius 2 is 1.58 bits per heavy atom. The monoisotopic (exact) mass is 384 g/mol. The Morgan fingerprint density at radius 1 is 1.04 bits per heavy atom. The Hall–Kier alpha value is -0.960. The molecule has 0 aliphatic heterocycles. The first kappa shape index (κ1) is 23.1. The Morgan fingerprint density at radius 3 is 2.08 bits per heavy atom. The molecule has 0 saturated heterocycles. The number of hydrogen-bond acceptors (Lipinski definition) is 3. The van der Waals surface area contributed by atoms with Crippen molar-refractivity contribution in [2.75, 3.05) is 0 Å². The predicted octanol–water partition coefficient (Wildman–Crippen LogP) is 6.83. The Bertz CT molecular complexity index is 545. The van der Waals surface area contributed by atoms with Crippen LogP contribution in [-0.4, -0.2) is 9.98 Å². The minimum atomic E-state index is -0.392. The van der Waals surface area contributed by atoms with E-state index in [0.717, 1.165) is 19.1 Å². The van der Waals surface area contributed by atoms with E-state index >= 15 is 0 Å². The van der Waals surface area contributed by atoms with Gasteiger partial charge in [0.2, 0.25) is 5.43 Å². The van der Waals surface area contributed by atoms with Crippen LogP contribution in [0.1, 0.15) is 97.2 Å². The second kappa shape index (κ2) is 12.4. The molecule has 1 atom stereocenters. The molecule has 0 fully saturated rings. The molecule has 1 unspecified atom stereocenters. The van der Waals surface area contributed by atoms with Crippen LogP contribution in [-0.2, 0) is 6.42 Å². The Balaban J connectivity index is 2.29. The van der Waals surface area contributed by atoms with Gasteiger partial charge in [-0.25, -0.2) is 0 Å². The topological polar surface area (TPSA) is 50.4 Å². The summed E-state index contributed by atoms with van der Waals surface area (Å²) in [6, 6.07) is 1.38. The standard InChI is InChI=1S/C22H37ClO3/c1-4-5-6-7-8-9-10-11-12-13-14-18(22(2,3)23)15-19-16-20(24)21(25)17-26-19/h16-18,25H,4-15H2,1-3H3. The summed E-state index contributed by atoms with van der Waals surface area (Å²) in [6.07, 6.45) is 16.0. The fourth-order valence-electron chi connectivity index (χ4n) is 3.36. The number of rotatable bonds is 14. The van der Waals surface area contributed by atoms with Gasteiger partial charge in [0.25, 0.3) is 0 Å². The molecular formula is C22H37ClO3. The van der Waals surface area contributed by atoms with E-state index in [9.17, 15) is 9.90 Å². The van der Waals surface area contributed by atoms with Crippen molar-refractivity contribution < 1.29 is 9.52 Å². The third-order valence-electron chi connectivity index (χ3n) is 5.19. The maximum atomic E-state index is 11.6. The smallest absolute Gasteiger partial charge is 0.226 e. The molecule has 0 spiro atoms. The summed E-state index contributed by atoms with van der Waals surface area (Å²) in [5.74, 6) is 0.495. The summed E-state index contributed by atoms with van der Waals surface area (Å²) in [4.78, 5) is 11.2. The average Bonchev–Trinajstić information content (AvgIpc) is 2.57. The molecule has 1 heterocycles. The summed E-state index contributed by atoms with van der Waals surface area (Å²) >= 11 is 6.57. The van der Waals surface area contributed by atoms with E-state index < -0.39 is 5.43 Å². The molecule has 0 radical (unpaired) electrons. The van der Waals surface area contributed by atoms with Gasteiger partial charge in [-0.15, -0.1) is 11.6 Å². The van der Waals surface area contributed by atoms with Crippen LogP contribution >= 0.6 is 11.6 Å². The number of alkyl halides is 1. The van der Waals surface area contributed by atoms with Gasteiger partial charge in [0.05, 0.1) is 0 Å². The van der Waals surface area contributed by atoms with E-state index in [0.29, 0.717) is 12.2 Å². The lowest BCUT2D eigenvalue weighted by atomic mass is 9.85. The molecule has 26 heavy (non-hydrogen) atoms. The SMILES string of the molecule is CCCCCCCCCCCCC(Cc1cc(=O)c(O)co1)C(C)(C)Cl. The third-order valence-corrected chi connectivity index (χ3v) is 5.50. The second-order valence-corrected chi connectivity index (χ2v) is 9.01. The van der Waals surface area contributed by atoms with Gasteiger partial charge in [0, 0.05) is 17.4 Å². The van der Waals surface area contributed by atoms with Crippen molar-refractivity contribution in [2.45, 2.75) is 103 Å². The van der Waals surface area contributed by atoms with Gasteiger partial charge in [-0.3, -0.25) is 4.79 Å². The number of aromatic hydroxyl groups is 1.